The quantitative estimate of drug-likeness (QED) is 0.791. The average Bonchev–Trinajstić information content (AvgIpc) is 2.68. The molecule has 1 aliphatic rings. The van der Waals surface area contributed by atoms with Crippen LogP contribution in [0.5, 0.6) is 0 Å². The first kappa shape index (κ1) is 20.4. The van der Waals surface area contributed by atoms with E-state index in [1.165, 1.54) is 12.1 Å². The van der Waals surface area contributed by atoms with E-state index in [0.29, 0.717) is 13.1 Å². The van der Waals surface area contributed by atoms with Crippen LogP contribution in [0.3, 0.4) is 0 Å². The van der Waals surface area contributed by atoms with Gasteiger partial charge in [0.15, 0.2) is 0 Å². The van der Waals surface area contributed by atoms with E-state index in [1.54, 1.807) is 4.90 Å². The number of halogens is 1. The lowest BCUT2D eigenvalue weighted by Gasteiger charge is -2.34. The summed E-state index contributed by atoms with van der Waals surface area (Å²) in [7, 11) is -1.98. The molecule has 1 N–H and O–H groups in total. The van der Waals surface area contributed by atoms with Gasteiger partial charge >= 0.3 is 0 Å². The number of likely N-dealkylation sites (N-methyl/N-ethyl adjacent to an activating group) is 1. The molecule has 0 radical (unpaired) electrons. The summed E-state index contributed by atoms with van der Waals surface area (Å²) in [4.78, 5) is 16.8. The first-order chi connectivity index (χ1) is 13.3. The van der Waals surface area contributed by atoms with Gasteiger partial charge in [-0.25, -0.2) is 12.8 Å². The normalized spacial score (nSPS) is 16.7. The van der Waals surface area contributed by atoms with Crippen LogP contribution < -0.4 is 4.72 Å². The number of piperazine rings is 1. The van der Waals surface area contributed by atoms with Crippen LogP contribution in [0, 0.1) is 5.82 Å². The Labute approximate surface area is 165 Å². The minimum atomic E-state index is -3.97. The van der Waals surface area contributed by atoms with Crippen LogP contribution in [0.1, 0.15) is 5.56 Å². The molecule has 2 aromatic rings. The topological polar surface area (TPSA) is 69.7 Å². The Morgan fingerprint density at radius 1 is 1.04 bits per heavy atom. The smallest absolute Gasteiger partial charge is 0.241 e. The third-order valence-electron chi connectivity index (χ3n) is 4.82. The molecule has 3 rings (SSSR count). The molecule has 8 heteroatoms. The van der Waals surface area contributed by atoms with Gasteiger partial charge in [-0.05, 0) is 43.3 Å². The van der Waals surface area contributed by atoms with E-state index in [9.17, 15) is 17.6 Å². The maximum atomic E-state index is 13.1. The molecule has 2 aromatic carbocycles. The van der Waals surface area contributed by atoms with E-state index < -0.39 is 21.9 Å². The number of carbonyl (C=O) groups excluding carboxylic acids is 1. The molecule has 0 saturated carbocycles. The summed E-state index contributed by atoms with van der Waals surface area (Å²) in [5.74, 6) is -0.768. The molecular formula is C20H24FN3O3S. The van der Waals surface area contributed by atoms with E-state index in [1.807, 2.05) is 37.4 Å². The van der Waals surface area contributed by atoms with E-state index in [-0.39, 0.29) is 17.2 Å². The number of amides is 1. The summed E-state index contributed by atoms with van der Waals surface area (Å²) in [6.45, 7) is 2.60. The highest BCUT2D eigenvalue weighted by Gasteiger charge is 2.30. The van der Waals surface area contributed by atoms with Gasteiger partial charge in [0.1, 0.15) is 11.9 Å². The van der Waals surface area contributed by atoms with Crippen molar-refractivity contribution < 1.29 is 17.6 Å². The van der Waals surface area contributed by atoms with Gasteiger partial charge in [-0.2, -0.15) is 4.72 Å². The Morgan fingerprint density at radius 3 is 2.25 bits per heavy atom. The molecule has 1 aliphatic heterocycles. The van der Waals surface area contributed by atoms with Gasteiger partial charge in [0.25, 0.3) is 0 Å². The third kappa shape index (κ3) is 5.15. The molecule has 1 amide bonds. The van der Waals surface area contributed by atoms with Crippen LogP contribution in [-0.4, -0.2) is 63.4 Å². The highest BCUT2D eigenvalue weighted by atomic mass is 32.2. The molecule has 0 aliphatic carbocycles. The van der Waals surface area contributed by atoms with Gasteiger partial charge in [-0.15, -0.1) is 0 Å². The van der Waals surface area contributed by atoms with Crippen molar-refractivity contribution >= 4 is 15.9 Å². The standard InChI is InChI=1S/C20H24FN3O3S/c1-23-11-13-24(14-12-23)20(25)19(15-16-5-3-2-4-6-16)22-28(26,27)18-9-7-17(21)8-10-18/h2-10,19,22H,11-15H2,1H3/t19-/m1/s1. The first-order valence-electron chi connectivity index (χ1n) is 9.14. The zero-order valence-electron chi connectivity index (χ0n) is 15.7. The minimum Gasteiger partial charge on any atom is -0.339 e. The van der Waals surface area contributed by atoms with Crippen LogP contribution in [0.25, 0.3) is 0 Å². The van der Waals surface area contributed by atoms with Gasteiger partial charge < -0.3 is 9.80 Å². The lowest BCUT2D eigenvalue weighted by atomic mass is 10.1. The molecule has 0 aromatic heterocycles. The van der Waals surface area contributed by atoms with Crippen LogP contribution >= 0.6 is 0 Å². The summed E-state index contributed by atoms with van der Waals surface area (Å²) in [5, 5.41) is 0. The van der Waals surface area contributed by atoms with Gasteiger partial charge in [0.2, 0.25) is 15.9 Å². The zero-order valence-corrected chi connectivity index (χ0v) is 16.5. The number of benzene rings is 2. The average molecular weight is 405 g/mol. The fourth-order valence-corrected chi connectivity index (χ4v) is 4.33. The first-order valence-corrected chi connectivity index (χ1v) is 10.6. The molecule has 150 valence electrons. The third-order valence-corrected chi connectivity index (χ3v) is 6.30. The Hall–Kier alpha value is -2.29. The fourth-order valence-electron chi connectivity index (χ4n) is 3.15. The molecule has 1 saturated heterocycles. The molecule has 0 spiro atoms. The molecule has 28 heavy (non-hydrogen) atoms. The molecule has 1 heterocycles. The second-order valence-electron chi connectivity index (χ2n) is 6.95. The van der Waals surface area contributed by atoms with Crippen molar-refractivity contribution in [1.82, 2.24) is 14.5 Å². The van der Waals surface area contributed by atoms with Crippen molar-refractivity contribution in [3.05, 3.63) is 66.0 Å². The number of nitrogens with one attached hydrogen (secondary N) is 1. The van der Waals surface area contributed by atoms with Gasteiger partial charge in [-0.1, -0.05) is 30.3 Å². The molecule has 1 fully saturated rings. The predicted octanol–water partition coefficient (Wildman–Crippen LogP) is 1.49. The van der Waals surface area contributed by atoms with Crippen molar-refractivity contribution in [2.45, 2.75) is 17.4 Å². The Bertz CT molecular complexity index is 896. The summed E-state index contributed by atoms with van der Waals surface area (Å²) >= 11 is 0. The Balaban J connectivity index is 1.83. The Morgan fingerprint density at radius 2 is 1.64 bits per heavy atom. The second-order valence-corrected chi connectivity index (χ2v) is 8.66. The maximum absolute atomic E-state index is 13.1. The number of rotatable bonds is 6. The fraction of sp³-hybridized carbons (Fsp3) is 0.350. The zero-order chi connectivity index (χ0) is 20.1. The molecular weight excluding hydrogens is 381 g/mol. The largest absolute Gasteiger partial charge is 0.339 e. The van der Waals surface area contributed by atoms with Crippen molar-refractivity contribution in [1.29, 1.82) is 0 Å². The van der Waals surface area contributed by atoms with Gasteiger partial charge in [0.05, 0.1) is 4.90 Å². The van der Waals surface area contributed by atoms with E-state index in [4.69, 9.17) is 0 Å². The van der Waals surface area contributed by atoms with Crippen molar-refractivity contribution in [3.63, 3.8) is 0 Å². The van der Waals surface area contributed by atoms with Crippen LogP contribution in [0.15, 0.2) is 59.5 Å². The van der Waals surface area contributed by atoms with Crippen LogP contribution in [0.4, 0.5) is 4.39 Å². The predicted molar refractivity (Wildman–Crippen MR) is 105 cm³/mol. The highest BCUT2D eigenvalue weighted by molar-refractivity contribution is 7.89. The molecule has 1 atom stereocenters. The molecule has 6 nitrogen and oxygen atoms in total. The van der Waals surface area contributed by atoms with Crippen molar-refractivity contribution in [2.24, 2.45) is 0 Å². The lowest BCUT2D eigenvalue weighted by Crippen LogP contribution is -2.54. The highest BCUT2D eigenvalue weighted by Crippen LogP contribution is 2.14. The van der Waals surface area contributed by atoms with E-state index in [2.05, 4.69) is 9.62 Å². The monoisotopic (exact) mass is 405 g/mol. The van der Waals surface area contributed by atoms with Crippen molar-refractivity contribution in [2.75, 3.05) is 33.2 Å². The SMILES string of the molecule is CN1CCN(C(=O)[C@@H](Cc2ccccc2)NS(=O)(=O)c2ccc(F)cc2)CC1. The van der Waals surface area contributed by atoms with E-state index in [0.717, 1.165) is 30.8 Å². The number of carbonyl (C=O) groups is 1. The van der Waals surface area contributed by atoms with Crippen LogP contribution in [-0.2, 0) is 21.2 Å². The lowest BCUT2D eigenvalue weighted by molar-refractivity contribution is -0.134. The molecule has 0 bridgehead atoms. The molecule has 0 unspecified atom stereocenters. The van der Waals surface area contributed by atoms with E-state index >= 15 is 0 Å². The van der Waals surface area contributed by atoms with Gasteiger partial charge in [0, 0.05) is 26.2 Å². The van der Waals surface area contributed by atoms with Gasteiger partial charge in [-0.3, -0.25) is 4.79 Å². The van der Waals surface area contributed by atoms with Crippen LogP contribution in [0.2, 0.25) is 0 Å². The number of sulfonamides is 1. The number of nitrogens with zero attached hydrogens (tertiary/aromatic N) is 2. The van der Waals surface area contributed by atoms with Crippen molar-refractivity contribution in [3.8, 4) is 0 Å². The number of hydrogen-bond donors (Lipinski definition) is 1. The summed E-state index contributed by atoms with van der Waals surface area (Å²) in [6.07, 6.45) is 0.242. The number of hydrogen-bond acceptors (Lipinski definition) is 4. The minimum absolute atomic E-state index is 0.0712. The summed E-state index contributed by atoms with van der Waals surface area (Å²) < 4.78 is 41.2. The summed E-state index contributed by atoms with van der Waals surface area (Å²) in [6, 6.07) is 12.9. The Kier molecular flexibility index (Phi) is 6.43. The second kappa shape index (κ2) is 8.81. The maximum Gasteiger partial charge on any atom is 0.241 e. The summed E-state index contributed by atoms with van der Waals surface area (Å²) in [5.41, 5.74) is 0.858.